The van der Waals surface area contributed by atoms with E-state index < -0.39 is 5.97 Å². The monoisotopic (exact) mass is 270 g/mol. The first-order valence-electron chi connectivity index (χ1n) is 6.22. The van der Waals surface area contributed by atoms with Crippen LogP contribution in [-0.4, -0.2) is 34.0 Å². The van der Waals surface area contributed by atoms with Gasteiger partial charge < -0.3 is 5.11 Å². The number of rotatable bonds is 6. The summed E-state index contributed by atoms with van der Waals surface area (Å²) in [7, 11) is 0. The molecule has 5 heteroatoms. The molecule has 0 aliphatic rings. The Balaban J connectivity index is 2.59. The van der Waals surface area contributed by atoms with Crippen LogP contribution in [0.1, 0.15) is 44.8 Å². The number of carboxylic acids is 1. The quantitative estimate of drug-likeness (QED) is 0.863. The second-order valence-corrected chi connectivity index (χ2v) is 6.33. The summed E-state index contributed by atoms with van der Waals surface area (Å²) in [4.78, 5) is 17.3. The zero-order valence-electron chi connectivity index (χ0n) is 11.6. The summed E-state index contributed by atoms with van der Waals surface area (Å²) in [6.45, 7) is 10.6. The number of aromatic nitrogens is 1. The number of thiazole rings is 1. The van der Waals surface area contributed by atoms with Crippen LogP contribution in [-0.2, 0) is 16.8 Å². The summed E-state index contributed by atoms with van der Waals surface area (Å²) in [5, 5.41) is 11.9. The Hall–Kier alpha value is -0.940. The van der Waals surface area contributed by atoms with Crippen LogP contribution in [0.5, 0.6) is 0 Å². The van der Waals surface area contributed by atoms with Gasteiger partial charge >= 0.3 is 5.97 Å². The largest absolute Gasteiger partial charge is 0.481 e. The number of hydrogen-bond acceptors (Lipinski definition) is 4. The normalized spacial score (nSPS) is 12.1. The lowest BCUT2D eigenvalue weighted by Crippen LogP contribution is -2.25. The molecular formula is C13H22N2O2S. The van der Waals surface area contributed by atoms with Crippen LogP contribution >= 0.6 is 11.3 Å². The minimum atomic E-state index is -0.747. The maximum absolute atomic E-state index is 10.6. The Kier molecular flexibility index (Phi) is 5.28. The second kappa shape index (κ2) is 6.29. The van der Waals surface area contributed by atoms with E-state index in [1.54, 1.807) is 11.3 Å². The molecular weight excluding hydrogens is 248 g/mol. The predicted octanol–water partition coefficient (Wildman–Crippen LogP) is 2.74. The molecule has 0 radical (unpaired) electrons. The van der Waals surface area contributed by atoms with Crippen molar-refractivity contribution in [2.75, 3.05) is 13.1 Å². The van der Waals surface area contributed by atoms with Crippen molar-refractivity contribution in [1.82, 2.24) is 9.88 Å². The van der Waals surface area contributed by atoms with Crippen molar-refractivity contribution < 1.29 is 9.90 Å². The molecule has 0 amide bonds. The van der Waals surface area contributed by atoms with Crippen molar-refractivity contribution in [3.05, 3.63) is 16.1 Å². The van der Waals surface area contributed by atoms with Gasteiger partial charge in [-0.15, -0.1) is 11.3 Å². The second-order valence-electron chi connectivity index (χ2n) is 5.39. The first-order chi connectivity index (χ1) is 8.32. The number of carbonyl (C=O) groups is 1. The molecule has 0 aliphatic carbocycles. The molecule has 0 saturated carbocycles. The van der Waals surface area contributed by atoms with E-state index in [0.29, 0.717) is 6.54 Å². The van der Waals surface area contributed by atoms with E-state index in [-0.39, 0.29) is 11.8 Å². The molecule has 1 heterocycles. The van der Waals surface area contributed by atoms with Crippen molar-refractivity contribution in [1.29, 1.82) is 0 Å². The fraction of sp³-hybridized carbons (Fsp3) is 0.692. The Morgan fingerprint density at radius 1 is 1.50 bits per heavy atom. The van der Waals surface area contributed by atoms with Crippen molar-refractivity contribution in [3.8, 4) is 0 Å². The maximum atomic E-state index is 10.6. The van der Waals surface area contributed by atoms with Gasteiger partial charge in [-0.1, -0.05) is 27.7 Å². The highest BCUT2D eigenvalue weighted by molar-refractivity contribution is 7.09. The number of hydrogen-bond donors (Lipinski definition) is 1. The minimum Gasteiger partial charge on any atom is -0.481 e. The lowest BCUT2D eigenvalue weighted by molar-refractivity contribution is -0.137. The molecule has 102 valence electrons. The molecule has 1 N–H and O–H groups in total. The Morgan fingerprint density at radius 3 is 2.61 bits per heavy atom. The van der Waals surface area contributed by atoms with Gasteiger partial charge in [0.05, 0.1) is 18.7 Å². The number of aliphatic carboxylic acids is 1. The summed E-state index contributed by atoms with van der Waals surface area (Å²) in [5.74, 6) is -0.747. The maximum Gasteiger partial charge on any atom is 0.304 e. The third-order valence-electron chi connectivity index (χ3n) is 2.77. The molecule has 0 atom stereocenters. The summed E-state index contributed by atoms with van der Waals surface area (Å²) in [6.07, 6.45) is 0.186. The van der Waals surface area contributed by atoms with Crippen molar-refractivity contribution in [2.45, 2.75) is 46.1 Å². The smallest absolute Gasteiger partial charge is 0.304 e. The molecule has 0 aliphatic heterocycles. The topological polar surface area (TPSA) is 53.4 Å². The summed E-state index contributed by atoms with van der Waals surface area (Å²) < 4.78 is 0. The van der Waals surface area contributed by atoms with Gasteiger partial charge in [0.25, 0.3) is 0 Å². The molecule has 0 bridgehead atoms. The van der Waals surface area contributed by atoms with Crippen LogP contribution < -0.4 is 0 Å². The van der Waals surface area contributed by atoms with E-state index >= 15 is 0 Å². The summed E-state index contributed by atoms with van der Waals surface area (Å²) >= 11 is 1.65. The number of nitrogens with zero attached hydrogens (tertiary/aromatic N) is 2. The van der Waals surface area contributed by atoms with Gasteiger partial charge in [-0.3, -0.25) is 9.69 Å². The highest BCUT2D eigenvalue weighted by Crippen LogP contribution is 2.24. The van der Waals surface area contributed by atoms with E-state index in [1.807, 2.05) is 6.92 Å². The minimum absolute atomic E-state index is 0.0762. The lowest BCUT2D eigenvalue weighted by Gasteiger charge is -2.18. The molecule has 1 aromatic heterocycles. The van der Waals surface area contributed by atoms with E-state index in [4.69, 9.17) is 5.11 Å². The van der Waals surface area contributed by atoms with Gasteiger partial charge in [0, 0.05) is 17.3 Å². The van der Waals surface area contributed by atoms with Crippen molar-refractivity contribution in [3.63, 3.8) is 0 Å². The van der Waals surface area contributed by atoms with E-state index in [0.717, 1.165) is 23.8 Å². The fourth-order valence-corrected chi connectivity index (χ4v) is 2.58. The molecule has 0 saturated heterocycles. The van der Waals surface area contributed by atoms with Crippen molar-refractivity contribution >= 4 is 17.3 Å². The molecule has 0 aromatic carbocycles. The van der Waals surface area contributed by atoms with Crippen LogP contribution in [0.3, 0.4) is 0 Å². The molecule has 1 aromatic rings. The molecule has 0 unspecified atom stereocenters. The van der Waals surface area contributed by atoms with E-state index in [1.165, 1.54) is 0 Å². The molecule has 1 rings (SSSR count). The fourth-order valence-electron chi connectivity index (χ4n) is 1.52. The SMILES string of the molecule is CCN(CCC(=O)O)Cc1nc(C(C)(C)C)cs1. The van der Waals surface area contributed by atoms with Crippen molar-refractivity contribution in [2.24, 2.45) is 0 Å². The molecule has 4 nitrogen and oxygen atoms in total. The predicted molar refractivity (Wildman–Crippen MR) is 74.0 cm³/mol. The van der Waals surface area contributed by atoms with Crippen LogP contribution in [0, 0.1) is 0 Å². The van der Waals surface area contributed by atoms with E-state index in [9.17, 15) is 4.79 Å². The van der Waals surface area contributed by atoms with Crippen LogP contribution in [0.25, 0.3) is 0 Å². The van der Waals surface area contributed by atoms with Crippen LogP contribution in [0.2, 0.25) is 0 Å². The Morgan fingerprint density at radius 2 is 2.17 bits per heavy atom. The molecule has 0 spiro atoms. The van der Waals surface area contributed by atoms with E-state index in [2.05, 4.69) is 36.0 Å². The standard InChI is InChI=1S/C13H22N2O2S/c1-5-15(7-6-12(16)17)8-11-14-10(9-18-11)13(2,3)4/h9H,5-8H2,1-4H3,(H,16,17). The first kappa shape index (κ1) is 15.1. The zero-order valence-corrected chi connectivity index (χ0v) is 12.4. The van der Waals surface area contributed by atoms with Gasteiger partial charge in [0.2, 0.25) is 0 Å². The average Bonchev–Trinajstić information content (AvgIpc) is 2.71. The summed E-state index contributed by atoms with van der Waals surface area (Å²) in [6, 6.07) is 0. The van der Waals surface area contributed by atoms with Crippen LogP contribution in [0.15, 0.2) is 5.38 Å². The van der Waals surface area contributed by atoms with Crippen LogP contribution in [0.4, 0.5) is 0 Å². The average molecular weight is 270 g/mol. The Bertz CT molecular complexity index is 396. The Labute approximate surface area is 113 Å². The summed E-state index contributed by atoms with van der Waals surface area (Å²) in [5.41, 5.74) is 1.18. The van der Waals surface area contributed by atoms with Gasteiger partial charge in [-0.25, -0.2) is 4.98 Å². The van der Waals surface area contributed by atoms with Gasteiger partial charge in [-0.05, 0) is 6.54 Å². The zero-order chi connectivity index (χ0) is 13.8. The highest BCUT2D eigenvalue weighted by Gasteiger charge is 2.18. The highest BCUT2D eigenvalue weighted by atomic mass is 32.1. The van der Waals surface area contributed by atoms with Gasteiger partial charge in [0.15, 0.2) is 0 Å². The number of carboxylic acid groups (broad SMARTS) is 1. The third-order valence-corrected chi connectivity index (χ3v) is 3.60. The van der Waals surface area contributed by atoms with Gasteiger partial charge in [0.1, 0.15) is 5.01 Å². The molecule has 0 fully saturated rings. The first-order valence-corrected chi connectivity index (χ1v) is 7.10. The lowest BCUT2D eigenvalue weighted by atomic mass is 9.93. The van der Waals surface area contributed by atoms with Gasteiger partial charge in [-0.2, -0.15) is 0 Å². The molecule has 18 heavy (non-hydrogen) atoms. The third kappa shape index (κ3) is 4.74.